The summed E-state index contributed by atoms with van der Waals surface area (Å²) in [6.07, 6.45) is 1.89. The van der Waals surface area contributed by atoms with Crippen molar-refractivity contribution in [1.82, 2.24) is 19.5 Å². The first kappa shape index (κ1) is 27.4. The van der Waals surface area contributed by atoms with Gasteiger partial charge in [-0.2, -0.15) is 0 Å². The largest absolute Gasteiger partial charge is 0.456 e. The van der Waals surface area contributed by atoms with Crippen molar-refractivity contribution in [3.05, 3.63) is 73.3 Å². The highest BCUT2D eigenvalue weighted by molar-refractivity contribution is 9.09. The molecule has 2 aromatic heterocycles. The van der Waals surface area contributed by atoms with Gasteiger partial charge < -0.3 is 19.9 Å². The lowest BCUT2D eigenvalue weighted by Crippen LogP contribution is -2.67. The molecule has 0 radical (unpaired) electrons. The average molecular weight is 611 g/mol. The van der Waals surface area contributed by atoms with Crippen molar-refractivity contribution < 1.29 is 19.0 Å². The molecule has 0 unspecified atom stereocenters. The lowest BCUT2D eigenvalue weighted by atomic mass is 10.1. The van der Waals surface area contributed by atoms with Gasteiger partial charge >= 0.3 is 5.97 Å². The average Bonchev–Trinajstić information content (AvgIpc) is 3.45. The zero-order valence-electron chi connectivity index (χ0n) is 22.3. The molecule has 2 aromatic carbocycles. The summed E-state index contributed by atoms with van der Waals surface area (Å²) in [5, 5.41) is 1.01. The number of carbonyl (C=O) groups excluding carboxylic acids is 1. The molecule has 3 heterocycles. The molecule has 0 aliphatic carbocycles. The fourth-order valence-electron chi connectivity index (χ4n) is 5.22. The fourth-order valence-corrected chi connectivity index (χ4v) is 10.2. The van der Waals surface area contributed by atoms with Gasteiger partial charge in [0.25, 0.3) is 0 Å². The van der Waals surface area contributed by atoms with Gasteiger partial charge in [-0.25, -0.2) is 15.0 Å². The molecule has 0 bridgehead atoms. The number of halogens is 1. The Kier molecular flexibility index (Phi) is 7.60. The predicted octanol–water partition coefficient (Wildman–Crippen LogP) is 2.55. The van der Waals surface area contributed by atoms with E-state index in [1.54, 1.807) is 6.33 Å². The second-order valence-corrected chi connectivity index (χ2v) is 14.7. The van der Waals surface area contributed by atoms with E-state index in [2.05, 4.69) is 55.1 Å². The van der Waals surface area contributed by atoms with Gasteiger partial charge in [0, 0.05) is 6.92 Å². The summed E-state index contributed by atoms with van der Waals surface area (Å²) in [5.41, 5.74) is 6.77. The van der Waals surface area contributed by atoms with Crippen LogP contribution in [-0.2, 0) is 24.4 Å². The van der Waals surface area contributed by atoms with Crippen LogP contribution in [-0.4, -0.2) is 63.5 Å². The third-order valence-corrected chi connectivity index (χ3v) is 11.5. The number of nitrogens with zero attached hydrogens (tertiary/aromatic N) is 4. The maximum atomic E-state index is 12.7. The molecule has 0 spiro atoms. The van der Waals surface area contributed by atoms with Crippen molar-refractivity contribution in [2.75, 3.05) is 12.3 Å². The number of hydrogen-bond donors (Lipinski definition) is 1. The molecular formula is C28H32BrN5O4Si. The van der Waals surface area contributed by atoms with E-state index >= 15 is 0 Å². The maximum absolute atomic E-state index is 12.7. The van der Waals surface area contributed by atoms with Gasteiger partial charge in [-0.1, -0.05) is 87.0 Å². The lowest BCUT2D eigenvalue weighted by molar-refractivity contribution is -0.159. The number of hydrogen-bond acceptors (Lipinski definition) is 8. The monoisotopic (exact) mass is 609 g/mol. The van der Waals surface area contributed by atoms with Crippen LogP contribution in [0.4, 0.5) is 5.82 Å². The van der Waals surface area contributed by atoms with Crippen LogP contribution >= 0.6 is 15.9 Å². The molecule has 11 heteroatoms. The number of imidazole rings is 1. The Morgan fingerprint density at radius 2 is 1.69 bits per heavy atom. The van der Waals surface area contributed by atoms with E-state index in [0.717, 1.165) is 10.4 Å². The first-order valence-electron chi connectivity index (χ1n) is 12.8. The highest BCUT2D eigenvalue weighted by Gasteiger charge is 2.63. The number of carbonyl (C=O) groups is 1. The second kappa shape index (κ2) is 10.8. The van der Waals surface area contributed by atoms with E-state index in [-0.39, 0.29) is 17.3 Å². The van der Waals surface area contributed by atoms with Crippen LogP contribution in [0.5, 0.6) is 0 Å². The fraction of sp³-hybridized carbons (Fsp3) is 0.357. The molecule has 4 atom stereocenters. The predicted molar refractivity (Wildman–Crippen MR) is 156 cm³/mol. The van der Waals surface area contributed by atoms with Gasteiger partial charge in [0.15, 0.2) is 31.7 Å². The van der Waals surface area contributed by atoms with E-state index in [4.69, 9.17) is 19.9 Å². The molecule has 0 amide bonds. The van der Waals surface area contributed by atoms with Gasteiger partial charge in [-0.3, -0.25) is 9.36 Å². The standard InChI is InChI=1S/C28H32BrN5O4Si/c1-18(35)37-24-22(29)21(15-36-27(2,3)4)38-28(24,34-17-33-23-25(30)31-16-32-26(23)34)39(19-11-7-5-8-12-19)20-13-9-6-10-14-20/h5-14,16-17,21-22,24,39H,15H2,1-4H3,(H2,30,31,32)/t21-,22-,24-,28+/m1/s1. The van der Waals surface area contributed by atoms with Crippen LogP contribution in [0.2, 0.25) is 0 Å². The van der Waals surface area contributed by atoms with Gasteiger partial charge in [-0.05, 0) is 20.8 Å². The van der Waals surface area contributed by atoms with E-state index in [9.17, 15) is 4.79 Å². The Balaban J connectivity index is 1.82. The summed E-state index contributed by atoms with van der Waals surface area (Å²) in [6, 6.07) is 20.4. The van der Waals surface area contributed by atoms with E-state index in [0.29, 0.717) is 11.2 Å². The minimum atomic E-state index is -2.48. The van der Waals surface area contributed by atoms with Crippen LogP contribution in [0.1, 0.15) is 27.7 Å². The van der Waals surface area contributed by atoms with Crippen LogP contribution in [0.15, 0.2) is 73.3 Å². The Morgan fingerprint density at radius 3 is 2.26 bits per heavy atom. The first-order chi connectivity index (χ1) is 18.6. The van der Waals surface area contributed by atoms with E-state index < -0.39 is 37.9 Å². The maximum Gasteiger partial charge on any atom is 0.303 e. The molecule has 39 heavy (non-hydrogen) atoms. The first-order valence-corrected chi connectivity index (χ1v) is 15.4. The number of esters is 1. The molecule has 4 aromatic rings. The second-order valence-electron chi connectivity index (χ2n) is 10.6. The summed E-state index contributed by atoms with van der Waals surface area (Å²) in [4.78, 5) is 25.6. The normalized spacial score (nSPS) is 23.4. The highest BCUT2D eigenvalue weighted by atomic mass is 79.9. The Morgan fingerprint density at radius 1 is 1.08 bits per heavy atom. The van der Waals surface area contributed by atoms with Crippen LogP contribution in [0.25, 0.3) is 11.2 Å². The summed E-state index contributed by atoms with van der Waals surface area (Å²) >= 11 is 3.87. The number of benzene rings is 2. The number of anilines is 1. The molecule has 0 saturated carbocycles. The third kappa shape index (κ3) is 5.23. The van der Waals surface area contributed by atoms with Gasteiger partial charge in [-0.15, -0.1) is 0 Å². The number of aromatic nitrogens is 4. The molecule has 2 N–H and O–H groups in total. The van der Waals surface area contributed by atoms with Crippen LogP contribution < -0.4 is 16.1 Å². The zero-order chi connectivity index (χ0) is 27.8. The molecule has 1 saturated heterocycles. The minimum Gasteiger partial charge on any atom is -0.456 e. The Labute approximate surface area is 237 Å². The SMILES string of the molecule is CC(=O)O[C@@H]1[C@H](Br)[C@@H](COC(C)(C)C)O[C@]1(n1cnc2c(N)ncnc21)[SiH](c1ccccc1)c1ccccc1. The summed E-state index contributed by atoms with van der Waals surface area (Å²) in [6.45, 7) is 7.69. The number of rotatable bonds is 7. The minimum absolute atomic E-state index is 0.261. The van der Waals surface area contributed by atoms with E-state index in [1.807, 2.05) is 61.7 Å². The summed E-state index contributed by atoms with van der Waals surface area (Å²) in [7, 11) is -2.48. The van der Waals surface area contributed by atoms with Crippen LogP contribution in [0.3, 0.4) is 0 Å². The lowest BCUT2D eigenvalue weighted by Gasteiger charge is -2.41. The summed E-state index contributed by atoms with van der Waals surface area (Å²) in [5.74, 6) is -0.154. The van der Waals surface area contributed by atoms with Crippen LogP contribution in [0, 0.1) is 0 Å². The molecule has 5 rings (SSSR count). The number of fused-ring (bicyclic) bond motifs is 1. The van der Waals surface area contributed by atoms with Crippen molar-refractivity contribution in [2.24, 2.45) is 0 Å². The van der Waals surface area contributed by atoms with Crippen molar-refractivity contribution in [1.29, 1.82) is 0 Å². The third-order valence-electron chi connectivity index (χ3n) is 6.78. The smallest absolute Gasteiger partial charge is 0.303 e. The van der Waals surface area contributed by atoms with Crippen molar-refractivity contribution in [2.45, 2.75) is 55.7 Å². The van der Waals surface area contributed by atoms with Gasteiger partial charge in [0.2, 0.25) is 0 Å². The topological polar surface area (TPSA) is 114 Å². The van der Waals surface area contributed by atoms with E-state index in [1.165, 1.54) is 13.3 Å². The number of ether oxygens (including phenoxy) is 3. The highest BCUT2D eigenvalue weighted by Crippen LogP contribution is 2.44. The number of nitrogens with two attached hydrogens (primary N) is 1. The van der Waals surface area contributed by atoms with Crippen molar-refractivity contribution >= 4 is 58.1 Å². The van der Waals surface area contributed by atoms with Gasteiger partial charge in [0.05, 0.1) is 29.5 Å². The molecule has 204 valence electrons. The molecular weight excluding hydrogens is 578 g/mol. The molecule has 1 aliphatic heterocycles. The Bertz CT molecular complexity index is 1410. The zero-order valence-corrected chi connectivity index (χ0v) is 25.1. The molecule has 1 aliphatic rings. The number of alkyl halides is 1. The Hall–Kier alpha value is -3.12. The molecule has 9 nitrogen and oxygen atoms in total. The van der Waals surface area contributed by atoms with Crippen molar-refractivity contribution in [3.63, 3.8) is 0 Å². The van der Waals surface area contributed by atoms with Gasteiger partial charge in [0.1, 0.15) is 11.8 Å². The quantitative estimate of drug-likeness (QED) is 0.193. The number of nitrogen functional groups attached to an aromatic ring is 1. The molecule has 1 fully saturated rings. The van der Waals surface area contributed by atoms with Crippen molar-refractivity contribution in [3.8, 4) is 0 Å². The summed E-state index contributed by atoms with van der Waals surface area (Å²) < 4.78 is 21.4.